The third kappa shape index (κ3) is 5.32. The van der Waals surface area contributed by atoms with Crippen LogP contribution >= 0.6 is 0 Å². The van der Waals surface area contributed by atoms with Gasteiger partial charge >= 0.3 is 0 Å². The van der Waals surface area contributed by atoms with Gasteiger partial charge in [-0.1, -0.05) is 43.7 Å². The molecule has 0 bridgehead atoms. The molecule has 0 heterocycles. The molecule has 0 saturated heterocycles. The summed E-state index contributed by atoms with van der Waals surface area (Å²) < 4.78 is 0. The SMILES string of the molecule is Cc1cccc(CCNC(=O)CC(C)(C)CN)c1. The maximum absolute atomic E-state index is 11.7. The van der Waals surface area contributed by atoms with Crippen molar-refractivity contribution >= 4 is 5.91 Å². The molecule has 0 aliphatic carbocycles. The van der Waals surface area contributed by atoms with Crippen molar-refractivity contribution in [3.05, 3.63) is 35.4 Å². The summed E-state index contributed by atoms with van der Waals surface area (Å²) in [7, 11) is 0. The summed E-state index contributed by atoms with van der Waals surface area (Å²) in [6.07, 6.45) is 1.35. The zero-order valence-electron chi connectivity index (χ0n) is 11.6. The second kappa shape index (κ2) is 6.55. The quantitative estimate of drug-likeness (QED) is 0.809. The van der Waals surface area contributed by atoms with Crippen molar-refractivity contribution in [2.45, 2.75) is 33.6 Å². The Balaban J connectivity index is 2.32. The Labute approximate surface area is 110 Å². The van der Waals surface area contributed by atoms with Gasteiger partial charge in [-0.05, 0) is 30.9 Å². The number of aryl methyl sites for hydroxylation is 1. The Kier molecular flexibility index (Phi) is 5.35. The van der Waals surface area contributed by atoms with E-state index >= 15 is 0 Å². The van der Waals surface area contributed by atoms with Crippen molar-refractivity contribution in [2.75, 3.05) is 13.1 Å². The molecule has 100 valence electrons. The van der Waals surface area contributed by atoms with Crippen LogP contribution < -0.4 is 11.1 Å². The molecule has 0 spiro atoms. The van der Waals surface area contributed by atoms with Gasteiger partial charge < -0.3 is 11.1 Å². The van der Waals surface area contributed by atoms with Crippen LogP contribution in [0.15, 0.2) is 24.3 Å². The topological polar surface area (TPSA) is 55.1 Å². The van der Waals surface area contributed by atoms with Gasteiger partial charge in [0.2, 0.25) is 5.91 Å². The van der Waals surface area contributed by atoms with E-state index in [0.29, 0.717) is 19.5 Å². The predicted octanol–water partition coefficient (Wildman–Crippen LogP) is 2.03. The standard InChI is InChI=1S/C15H24N2O/c1-12-5-4-6-13(9-12)7-8-17-14(18)10-15(2,3)11-16/h4-6,9H,7-8,10-11,16H2,1-3H3,(H,17,18). The summed E-state index contributed by atoms with van der Waals surface area (Å²) in [6, 6.07) is 8.36. The van der Waals surface area contributed by atoms with E-state index in [4.69, 9.17) is 5.73 Å². The fourth-order valence-corrected chi connectivity index (χ4v) is 1.78. The summed E-state index contributed by atoms with van der Waals surface area (Å²) in [5.74, 6) is 0.0816. The molecule has 0 saturated carbocycles. The zero-order chi connectivity index (χ0) is 13.6. The minimum Gasteiger partial charge on any atom is -0.356 e. The molecule has 0 aliphatic rings. The summed E-state index contributed by atoms with van der Waals surface area (Å²) in [5, 5.41) is 2.95. The van der Waals surface area contributed by atoms with Gasteiger partial charge in [-0.2, -0.15) is 0 Å². The van der Waals surface area contributed by atoms with Crippen molar-refractivity contribution in [2.24, 2.45) is 11.1 Å². The van der Waals surface area contributed by atoms with E-state index in [2.05, 4.69) is 30.4 Å². The molecule has 18 heavy (non-hydrogen) atoms. The van der Waals surface area contributed by atoms with Crippen LogP contribution in [0.5, 0.6) is 0 Å². The first-order valence-corrected chi connectivity index (χ1v) is 6.45. The van der Waals surface area contributed by atoms with Crippen LogP contribution in [-0.2, 0) is 11.2 Å². The lowest BCUT2D eigenvalue weighted by molar-refractivity contribution is -0.122. The average molecular weight is 248 g/mol. The highest BCUT2D eigenvalue weighted by Gasteiger charge is 2.19. The molecular weight excluding hydrogens is 224 g/mol. The number of rotatable bonds is 6. The van der Waals surface area contributed by atoms with E-state index in [-0.39, 0.29) is 11.3 Å². The van der Waals surface area contributed by atoms with Gasteiger partial charge in [0, 0.05) is 13.0 Å². The fraction of sp³-hybridized carbons (Fsp3) is 0.533. The molecule has 3 heteroatoms. The van der Waals surface area contributed by atoms with Crippen molar-refractivity contribution in [1.29, 1.82) is 0 Å². The largest absolute Gasteiger partial charge is 0.356 e. The van der Waals surface area contributed by atoms with Crippen molar-refractivity contribution < 1.29 is 4.79 Å². The van der Waals surface area contributed by atoms with Gasteiger partial charge in [-0.25, -0.2) is 0 Å². The highest BCUT2D eigenvalue weighted by Crippen LogP contribution is 2.17. The van der Waals surface area contributed by atoms with Crippen LogP contribution in [-0.4, -0.2) is 19.0 Å². The number of benzene rings is 1. The van der Waals surface area contributed by atoms with E-state index in [9.17, 15) is 4.79 Å². The Morgan fingerprint density at radius 1 is 1.39 bits per heavy atom. The van der Waals surface area contributed by atoms with Crippen LogP contribution in [0.1, 0.15) is 31.4 Å². The van der Waals surface area contributed by atoms with Crippen LogP contribution in [0.25, 0.3) is 0 Å². The third-order valence-electron chi connectivity index (χ3n) is 3.01. The molecule has 1 aromatic rings. The van der Waals surface area contributed by atoms with Crippen molar-refractivity contribution in [1.82, 2.24) is 5.32 Å². The Morgan fingerprint density at radius 3 is 2.72 bits per heavy atom. The molecule has 3 N–H and O–H groups in total. The lowest BCUT2D eigenvalue weighted by atomic mass is 9.89. The maximum atomic E-state index is 11.7. The summed E-state index contributed by atoms with van der Waals surface area (Å²) in [6.45, 7) is 7.30. The van der Waals surface area contributed by atoms with Crippen molar-refractivity contribution in [3.8, 4) is 0 Å². The molecule has 1 aromatic carbocycles. The van der Waals surface area contributed by atoms with Gasteiger partial charge in [0.15, 0.2) is 0 Å². The van der Waals surface area contributed by atoms with Gasteiger partial charge in [0.1, 0.15) is 0 Å². The number of amides is 1. The van der Waals surface area contributed by atoms with Gasteiger partial charge in [0.25, 0.3) is 0 Å². The van der Waals surface area contributed by atoms with Crippen molar-refractivity contribution in [3.63, 3.8) is 0 Å². The van der Waals surface area contributed by atoms with Gasteiger partial charge in [-0.3, -0.25) is 4.79 Å². The van der Waals surface area contributed by atoms with E-state index in [1.165, 1.54) is 11.1 Å². The molecule has 0 aromatic heterocycles. The smallest absolute Gasteiger partial charge is 0.220 e. The minimum atomic E-state index is -0.118. The number of carbonyl (C=O) groups excluding carboxylic acids is 1. The second-order valence-electron chi connectivity index (χ2n) is 5.63. The molecule has 0 atom stereocenters. The monoisotopic (exact) mass is 248 g/mol. The number of hydrogen-bond donors (Lipinski definition) is 2. The minimum absolute atomic E-state index is 0.0816. The molecule has 0 unspecified atom stereocenters. The molecule has 3 nitrogen and oxygen atoms in total. The highest BCUT2D eigenvalue weighted by molar-refractivity contribution is 5.76. The first-order valence-electron chi connectivity index (χ1n) is 6.45. The molecule has 0 radical (unpaired) electrons. The number of carbonyl (C=O) groups is 1. The second-order valence-corrected chi connectivity index (χ2v) is 5.63. The Hall–Kier alpha value is -1.35. The lowest BCUT2D eigenvalue weighted by Gasteiger charge is -2.21. The van der Waals surface area contributed by atoms with E-state index in [1.54, 1.807) is 0 Å². The molecule has 1 amide bonds. The van der Waals surface area contributed by atoms with E-state index in [0.717, 1.165) is 6.42 Å². The van der Waals surface area contributed by atoms with Crippen LogP contribution in [0.2, 0.25) is 0 Å². The van der Waals surface area contributed by atoms with Crippen LogP contribution in [0.3, 0.4) is 0 Å². The Morgan fingerprint density at radius 2 is 2.11 bits per heavy atom. The third-order valence-corrected chi connectivity index (χ3v) is 3.01. The van der Waals surface area contributed by atoms with Crippen LogP contribution in [0, 0.1) is 12.3 Å². The molecule has 0 fully saturated rings. The fourth-order valence-electron chi connectivity index (χ4n) is 1.78. The molecule has 1 rings (SSSR count). The zero-order valence-corrected chi connectivity index (χ0v) is 11.6. The average Bonchev–Trinajstić information content (AvgIpc) is 2.28. The lowest BCUT2D eigenvalue weighted by Crippen LogP contribution is -2.33. The number of nitrogens with two attached hydrogens (primary N) is 1. The van der Waals surface area contributed by atoms with E-state index < -0.39 is 0 Å². The van der Waals surface area contributed by atoms with Gasteiger partial charge in [0.05, 0.1) is 0 Å². The summed E-state index contributed by atoms with van der Waals surface area (Å²) in [5.41, 5.74) is 8.00. The first-order chi connectivity index (χ1) is 8.43. The predicted molar refractivity (Wildman–Crippen MR) is 75.3 cm³/mol. The maximum Gasteiger partial charge on any atom is 0.220 e. The van der Waals surface area contributed by atoms with Gasteiger partial charge in [-0.15, -0.1) is 0 Å². The summed E-state index contributed by atoms with van der Waals surface area (Å²) in [4.78, 5) is 11.7. The van der Waals surface area contributed by atoms with Crippen LogP contribution in [0.4, 0.5) is 0 Å². The summed E-state index contributed by atoms with van der Waals surface area (Å²) >= 11 is 0. The number of nitrogens with one attached hydrogen (secondary N) is 1. The highest BCUT2D eigenvalue weighted by atomic mass is 16.1. The molecular formula is C15H24N2O. The first kappa shape index (κ1) is 14.7. The normalized spacial score (nSPS) is 11.3. The van der Waals surface area contributed by atoms with E-state index in [1.807, 2.05) is 19.9 Å². The number of hydrogen-bond acceptors (Lipinski definition) is 2. The Bertz CT molecular complexity index is 399. The molecule has 0 aliphatic heterocycles.